The summed E-state index contributed by atoms with van der Waals surface area (Å²) in [4.78, 5) is 22.5. The van der Waals surface area contributed by atoms with E-state index >= 15 is 0 Å². The first-order chi connectivity index (χ1) is 8.15. The van der Waals surface area contributed by atoms with E-state index in [0.717, 1.165) is 16.7 Å². The molecule has 86 valence electrons. The molecule has 0 saturated carbocycles. The second-order valence-electron chi connectivity index (χ2n) is 3.85. The Bertz CT molecular complexity index is 514. The molecule has 1 saturated heterocycles. The van der Waals surface area contributed by atoms with Crippen molar-refractivity contribution in [3.63, 3.8) is 0 Å². The number of hydrogen-bond acceptors (Lipinski definition) is 3. The summed E-state index contributed by atoms with van der Waals surface area (Å²) in [5, 5.41) is 0. The zero-order valence-electron chi connectivity index (χ0n) is 9.31. The highest BCUT2D eigenvalue weighted by molar-refractivity contribution is 5.98. The number of cyclic esters (lactones) is 2. The molecule has 2 rings (SSSR count). The third-order valence-electron chi connectivity index (χ3n) is 2.82. The van der Waals surface area contributed by atoms with Crippen LogP contribution < -0.4 is 0 Å². The molecule has 1 aliphatic heterocycles. The standard InChI is InChI=1S/C14H12O3/c1-3-9-5-6-11(7-10(9)4-2)12-8-13(15)17-14(12)16/h3-7,12H,1-2,8H2. The molecule has 0 radical (unpaired) electrons. The maximum absolute atomic E-state index is 11.5. The Balaban J connectivity index is 2.40. The molecule has 1 atom stereocenters. The van der Waals surface area contributed by atoms with Crippen LogP contribution in [0.5, 0.6) is 0 Å². The van der Waals surface area contributed by atoms with Crippen LogP contribution in [0, 0.1) is 0 Å². The third-order valence-corrected chi connectivity index (χ3v) is 2.82. The van der Waals surface area contributed by atoms with Gasteiger partial charge in [0, 0.05) is 0 Å². The molecule has 1 aliphatic rings. The highest BCUT2D eigenvalue weighted by Gasteiger charge is 2.34. The fourth-order valence-corrected chi connectivity index (χ4v) is 1.90. The third kappa shape index (κ3) is 2.04. The lowest BCUT2D eigenvalue weighted by Gasteiger charge is -2.08. The first-order valence-corrected chi connectivity index (χ1v) is 5.29. The lowest BCUT2D eigenvalue weighted by atomic mass is 9.94. The highest BCUT2D eigenvalue weighted by atomic mass is 16.6. The van der Waals surface area contributed by atoms with E-state index in [4.69, 9.17) is 0 Å². The van der Waals surface area contributed by atoms with Crippen LogP contribution in [-0.4, -0.2) is 11.9 Å². The van der Waals surface area contributed by atoms with Gasteiger partial charge in [-0.25, -0.2) is 0 Å². The van der Waals surface area contributed by atoms with Crippen molar-refractivity contribution in [2.24, 2.45) is 0 Å². The van der Waals surface area contributed by atoms with Gasteiger partial charge in [0.2, 0.25) is 0 Å². The Morgan fingerprint density at radius 3 is 2.41 bits per heavy atom. The lowest BCUT2D eigenvalue weighted by Crippen LogP contribution is -2.05. The van der Waals surface area contributed by atoms with Crippen LogP contribution in [0.25, 0.3) is 12.2 Å². The summed E-state index contributed by atoms with van der Waals surface area (Å²) < 4.78 is 4.53. The van der Waals surface area contributed by atoms with Gasteiger partial charge in [-0.1, -0.05) is 43.5 Å². The van der Waals surface area contributed by atoms with E-state index in [1.807, 2.05) is 18.2 Å². The number of carbonyl (C=O) groups excluding carboxylic acids is 2. The molecular weight excluding hydrogens is 216 g/mol. The number of rotatable bonds is 3. The Morgan fingerprint density at radius 2 is 1.88 bits per heavy atom. The predicted octanol–water partition coefficient (Wildman–Crippen LogP) is 2.53. The summed E-state index contributed by atoms with van der Waals surface area (Å²) in [6.07, 6.45) is 3.53. The van der Waals surface area contributed by atoms with Crippen molar-refractivity contribution in [3.8, 4) is 0 Å². The van der Waals surface area contributed by atoms with Crippen LogP contribution in [0.3, 0.4) is 0 Å². The highest BCUT2D eigenvalue weighted by Crippen LogP contribution is 2.29. The Hall–Kier alpha value is -2.16. The topological polar surface area (TPSA) is 43.4 Å². The van der Waals surface area contributed by atoms with Crippen LogP contribution >= 0.6 is 0 Å². The van der Waals surface area contributed by atoms with Crippen molar-refractivity contribution in [2.75, 3.05) is 0 Å². The van der Waals surface area contributed by atoms with Gasteiger partial charge in [-0.2, -0.15) is 0 Å². The summed E-state index contributed by atoms with van der Waals surface area (Å²) >= 11 is 0. The van der Waals surface area contributed by atoms with Crippen molar-refractivity contribution in [3.05, 3.63) is 48.0 Å². The predicted molar refractivity (Wildman–Crippen MR) is 65.1 cm³/mol. The summed E-state index contributed by atoms with van der Waals surface area (Å²) in [5.74, 6) is -1.43. The molecule has 1 unspecified atom stereocenters. The summed E-state index contributed by atoms with van der Waals surface area (Å²) in [7, 11) is 0. The fourth-order valence-electron chi connectivity index (χ4n) is 1.90. The van der Waals surface area contributed by atoms with E-state index in [0.29, 0.717) is 0 Å². The normalized spacial score (nSPS) is 18.9. The van der Waals surface area contributed by atoms with Gasteiger partial charge >= 0.3 is 11.9 Å². The molecule has 1 fully saturated rings. The molecule has 0 aliphatic carbocycles. The smallest absolute Gasteiger partial charge is 0.321 e. The quantitative estimate of drug-likeness (QED) is 0.589. The Labute approximate surface area is 99.4 Å². The summed E-state index contributed by atoms with van der Waals surface area (Å²) in [6.45, 7) is 7.41. The van der Waals surface area contributed by atoms with Crippen LogP contribution in [0.2, 0.25) is 0 Å². The molecule has 3 nitrogen and oxygen atoms in total. The zero-order chi connectivity index (χ0) is 12.4. The average Bonchev–Trinajstić information content (AvgIpc) is 2.67. The Morgan fingerprint density at radius 1 is 1.18 bits per heavy atom. The largest absolute Gasteiger partial charge is 0.393 e. The minimum Gasteiger partial charge on any atom is -0.393 e. The zero-order valence-corrected chi connectivity index (χ0v) is 9.31. The monoisotopic (exact) mass is 228 g/mol. The first-order valence-electron chi connectivity index (χ1n) is 5.29. The van der Waals surface area contributed by atoms with Crippen molar-refractivity contribution in [1.82, 2.24) is 0 Å². The number of benzene rings is 1. The van der Waals surface area contributed by atoms with Crippen molar-refractivity contribution in [1.29, 1.82) is 0 Å². The Kier molecular flexibility index (Phi) is 2.91. The SMILES string of the molecule is C=Cc1ccc(C2CC(=O)OC2=O)cc1C=C. The van der Waals surface area contributed by atoms with Crippen molar-refractivity contribution < 1.29 is 14.3 Å². The van der Waals surface area contributed by atoms with Gasteiger partial charge in [-0.3, -0.25) is 9.59 Å². The lowest BCUT2D eigenvalue weighted by molar-refractivity contribution is -0.152. The molecule has 17 heavy (non-hydrogen) atoms. The molecule has 0 amide bonds. The van der Waals surface area contributed by atoms with Crippen molar-refractivity contribution in [2.45, 2.75) is 12.3 Å². The van der Waals surface area contributed by atoms with E-state index in [-0.39, 0.29) is 6.42 Å². The molecule has 1 aromatic carbocycles. The maximum Gasteiger partial charge on any atom is 0.321 e. The first kappa shape index (κ1) is 11.3. The van der Waals surface area contributed by atoms with E-state index in [1.165, 1.54) is 0 Å². The number of hydrogen-bond donors (Lipinski definition) is 0. The van der Waals surface area contributed by atoms with Gasteiger partial charge in [0.15, 0.2) is 0 Å². The van der Waals surface area contributed by atoms with Gasteiger partial charge in [-0.05, 0) is 16.7 Å². The van der Waals surface area contributed by atoms with E-state index in [9.17, 15) is 9.59 Å². The summed E-state index contributed by atoms with van der Waals surface area (Å²) in [5.41, 5.74) is 2.62. The molecule has 0 N–H and O–H groups in total. The van der Waals surface area contributed by atoms with Crippen LogP contribution in [0.15, 0.2) is 31.4 Å². The number of ether oxygens (including phenoxy) is 1. The molecule has 1 heterocycles. The average molecular weight is 228 g/mol. The second kappa shape index (κ2) is 4.37. The minimum absolute atomic E-state index is 0.114. The van der Waals surface area contributed by atoms with Gasteiger partial charge in [-0.15, -0.1) is 0 Å². The van der Waals surface area contributed by atoms with E-state index < -0.39 is 17.9 Å². The van der Waals surface area contributed by atoms with Gasteiger partial charge in [0.05, 0.1) is 12.3 Å². The molecule has 3 heteroatoms. The molecular formula is C14H12O3. The van der Waals surface area contributed by atoms with Crippen LogP contribution in [-0.2, 0) is 14.3 Å². The van der Waals surface area contributed by atoms with Gasteiger partial charge < -0.3 is 4.74 Å². The van der Waals surface area contributed by atoms with Gasteiger partial charge in [0.1, 0.15) is 0 Å². The molecule has 1 aromatic rings. The fraction of sp³-hybridized carbons (Fsp3) is 0.143. The molecule has 0 bridgehead atoms. The molecule has 0 aromatic heterocycles. The van der Waals surface area contributed by atoms with Crippen LogP contribution in [0.4, 0.5) is 0 Å². The van der Waals surface area contributed by atoms with Gasteiger partial charge in [0.25, 0.3) is 0 Å². The minimum atomic E-state index is -0.486. The van der Waals surface area contributed by atoms with E-state index in [2.05, 4.69) is 17.9 Å². The van der Waals surface area contributed by atoms with Crippen LogP contribution in [0.1, 0.15) is 29.0 Å². The number of carbonyl (C=O) groups is 2. The number of esters is 2. The van der Waals surface area contributed by atoms with Crippen molar-refractivity contribution >= 4 is 24.1 Å². The molecule has 0 spiro atoms. The van der Waals surface area contributed by atoms with E-state index in [1.54, 1.807) is 12.2 Å². The second-order valence-corrected chi connectivity index (χ2v) is 3.85. The summed E-state index contributed by atoms with van der Waals surface area (Å²) in [6, 6.07) is 5.51. The maximum atomic E-state index is 11.5.